The number of allylic oxidation sites excluding steroid dienone is 2. The van der Waals surface area contributed by atoms with Crippen LogP contribution in [0.4, 0.5) is 14.5 Å². The van der Waals surface area contributed by atoms with E-state index in [1.807, 2.05) is 0 Å². The lowest BCUT2D eigenvalue weighted by molar-refractivity contribution is -0.0458. The van der Waals surface area contributed by atoms with Gasteiger partial charge in [0.15, 0.2) is 5.69 Å². The number of halogens is 2. The SMILES string of the molecule is NC(=O)c1nc(CC2CCC(F)(F)CC2)ncc1N1C=CC=CN1. The second kappa shape index (κ2) is 6.54. The van der Waals surface area contributed by atoms with Crippen molar-refractivity contribution >= 4 is 11.6 Å². The molecule has 128 valence electrons. The Morgan fingerprint density at radius 3 is 2.75 bits per heavy atom. The van der Waals surface area contributed by atoms with Gasteiger partial charge in [0.05, 0.1) is 6.20 Å². The van der Waals surface area contributed by atoms with Crippen LogP contribution in [0.3, 0.4) is 0 Å². The average Bonchev–Trinajstić information content (AvgIpc) is 2.57. The predicted octanol–water partition coefficient (Wildman–Crippen LogP) is 2.30. The van der Waals surface area contributed by atoms with Gasteiger partial charge < -0.3 is 11.2 Å². The molecule has 0 bridgehead atoms. The summed E-state index contributed by atoms with van der Waals surface area (Å²) < 4.78 is 26.5. The minimum absolute atomic E-state index is 0.104. The fourth-order valence-electron chi connectivity index (χ4n) is 2.94. The third-order valence-electron chi connectivity index (χ3n) is 4.28. The Hall–Kier alpha value is -2.51. The van der Waals surface area contributed by atoms with Gasteiger partial charge in [0.2, 0.25) is 5.92 Å². The number of anilines is 1. The Bertz CT molecular complexity index is 679. The molecule has 8 heteroatoms. The van der Waals surface area contributed by atoms with Crippen LogP contribution in [0.5, 0.6) is 0 Å². The summed E-state index contributed by atoms with van der Waals surface area (Å²) in [7, 11) is 0. The average molecular weight is 335 g/mol. The van der Waals surface area contributed by atoms with E-state index in [1.54, 1.807) is 29.6 Å². The Morgan fingerprint density at radius 1 is 1.38 bits per heavy atom. The fraction of sp³-hybridized carbons (Fsp3) is 0.438. The van der Waals surface area contributed by atoms with Gasteiger partial charge in [-0.1, -0.05) is 0 Å². The van der Waals surface area contributed by atoms with Crippen LogP contribution in [-0.2, 0) is 6.42 Å². The van der Waals surface area contributed by atoms with Gasteiger partial charge in [-0.05, 0) is 30.9 Å². The van der Waals surface area contributed by atoms with E-state index in [1.165, 1.54) is 6.20 Å². The van der Waals surface area contributed by atoms with Crippen LogP contribution in [-0.4, -0.2) is 21.8 Å². The molecule has 1 aromatic heterocycles. The molecule has 1 fully saturated rings. The number of amides is 1. The fourth-order valence-corrected chi connectivity index (χ4v) is 2.94. The molecule has 0 spiro atoms. The Balaban J connectivity index is 1.76. The minimum Gasteiger partial charge on any atom is -0.364 e. The standard InChI is InChI=1S/C16H19F2N5O/c17-16(18)5-3-11(4-6-16)9-13-20-10-12(14(22-13)15(19)24)23-8-2-1-7-21-23/h1-2,7-8,10-11,21H,3-6,9H2,(H2,19,24). The van der Waals surface area contributed by atoms with Gasteiger partial charge in [0.1, 0.15) is 11.5 Å². The summed E-state index contributed by atoms with van der Waals surface area (Å²) >= 11 is 0. The number of hydrogen-bond donors (Lipinski definition) is 2. The van der Waals surface area contributed by atoms with Crippen molar-refractivity contribution < 1.29 is 13.6 Å². The number of carbonyl (C=O) groups is 1. The van der Waals surface area contributed by atoms with Crippen LogP contribution in [0, 0.1) is 5.92 Å². The molecule has 24 heavy (non-hydrogen) atoms. The van der Waals surface area contributed by atoms with Gasteiger partial charge in [-0.2, -0.15) is 0 Å². The first kappa shape index (κ1) is 16.4. The molecule has 0 unspecified atom stereocenters. The first-order valence-electron chi connectivity index (χ1n) is 7.87. The molecule has 1 amide bonds. The molecule has 0 atom stereocenters. The topological polar surface area (TPSA) is 84.1 Å². The molecule has 3 rings (SSSR count). The summed E-state index contributed by atoms with van der Waals surface area (Å²) in [6, 6.07) is 0. The lowest BCUT2D eigenvalue weighted by Gasteiger charge is -2.28. The number of nitrogens with zero attached hydrogens (tertiary/aromatic N) is 3. The highest BCUT2D eigenvalue weighted by atomic mass is 19.3. The monoisotopic (exact) mass is 335 g/mol. The van der Waals surface area contributed by atoms with Crippen LogP contribution in [0.1, 0.15) is 42.0 Å². The molecule has 2 aliphatic rings. The summed E-state index contributed by atoms with van der Waals surface area (Å²) in [5.74, 6) is -2.65. The largest absolute Gasteiger partial charge is 0.364 e. The molecule has 1 aromatic rings. The molecule has 2 heterocycles. The smallest absolute Gasteiger partial charge is 0.269 e. The molecule has 0 aromatic carbocycles. The van der Waals surface area contributed by atoms with E-state index in [-0.39, 0.29) is 24.5 Å². The van der Waals surface area contributed by atoms with E-state index < -0.39 is 11.8 Å². The zero-order valence-corrected chi connectivity index (χ0v) is 13.1. The van der Waals surface area contributed by atoms with Crippen LogP contribution in [0.25, 0.3) is 0 Å². The highest BCUT2D eigenvalue weighted by molar-refractivity contribution is 5.96. The van der Waals surface area contributed by atoms with Crippen molar-refractivity contribution in [2.75, 3.05) is 5.01 Å². The lowest BCUT2D eigenvalue weighted by atomic mass is 9.84. The maximum absolute atomic E-state index is 13.2. The van der Waals surface area contributed by atoms with Crippen molar-refractivity contribution in [3.05, 3.63) is 42.3 Å². The van der Waals surface area contributed by atoms with Gasteiger partial charge in [-0.15, -0.1) is 0 Å². The van der Waals surface area contributed by atoms with E-state index in [4.69, 9.17) is 5.73 Å². The van der Waals surface area contributed by atoms with Crippen LogP contribution >= 0.6 is 0 Å². The number of carbonyl (C=O) groups excluding carboxylic acids is 1. The summed E-state index contributed by atoms with van der Waals surface area (Å²) in [6.07, 6.45) is 9.66. The highest BCUT2D eigenvalue weighted by Gasteiger charge is 2.35. The van der Waals surface area contributed by atoms with Crippen molar-refractivity contribution in [1.29, 1.82) is 0 Å². The second-order valence-corrected chi connectivity index (χ2v) is 6.09. The number of alkyl halides is 2. The Labute approximate surface area is 138 Å². The van der Waals surface area contributed by atoms with E-state index in [2.05, 4.69) is 15.4 Å². The van der Waals surface area contributed by atoms with E-state index in [9.17, 15) is 13.6 Å². The molecular weight excluding hydrogens is 316 g/mol. The van der Waals surface area contributed by atoms with E-state index in [0.29, 0.717) is 30.8 Å². The molecule has 1 aliphatic heterocycles. The summed E-state index contributed by atoms with van der Waals surface area (Å²) in [5.41, 5.74) is 8.92. The zero-order chi connectivity index (χ0) is 17.2. The van der Waals surface area contributed by atoms with Crippen molar-refractivity contribution in [2.24, 2.45) is 11.7 Å². The molecule has 0 saturated heterocycles. The number of nitrogens with two attached hydrogens (primary N) is 1. The maximum Gasteiger partial charge on any atom is 0.269 e. The van der Waals surface area contributed by atoms with Crippen LogP contribution < -0.4 is 16.2 Å². The van der Waals surface area contributed by atoms with Crippen LogP contribution in [0.15, 0.2) is 30.7 Å². The highest BCUT2D eigenvalue weighted by Crippen LogP contribution is 2.37. The zero-order valence-electron chi connectivity index (χ0n) is 13.1. The molecule has 3 N–H and O–H groups in total. The van der Waals surface area contributed by atoms with E-state index in [0.717, 1.165) is 0 Å². The third-order valence-corrected chi connectivity index (χ3v) is 4.28. The summed E-state index contributed by atoms with van der Waals surface area (Å²) in [4.78, 5) is 20.3. The van der Waals surface area contributed by atoms with Crippen LogP contribution in [0.2, 0.25) is 0 Å². The number of nitrogens with one attached hydrogen (secondary N) is 1. The molecule has 0 radical (unpaired) electrons. The predicted molar refractivity (Wildman–Crippen MR) is 85.1 cm³/mol. The first-order valence-corrected chi connectivity index (χ1v) is 7.87. The number of rotatable bonds is 4. The Kier molecular flexibility index (Phi) is 4.46. The van der Waals surface area contributed by atoms with Gasteiger partial charge in [0.25, 0.3) is 5.91 Å². The molecule has 1 aliphatic carbocycles. The lowest BCUT2D eigenvalue weighted by Crippen LogP contribution is -2.33. The first-order chi connectivity index (χ1) is 11.4. The van der Waals surface area contributed by atoms with Gasteiger partial charge >= 0.3 is 0 Å². The maximum atomic E-state index is 13.2. The minimum atomic E-state index is -2.56. The van der Waals surface area contributed by atoms with Gasteiger partial charge in [-0.25, -0.2) is 18.7 Å². The van der Waals surface area contributed by atoms with Crippen molar-refractivity contribution in [3.8, 4) is 0 Å². The van der Waals surface area contributed by atoms with Crippen molar-refractivity contribution in [3.63, 3.8) is 0 Å². The van der Waals surface area contributed by atoms with Gasteiger partial charge in [0, 0.05) is 31.7 Å². The molecule has 6 nitrogen and oxygen atoms in total. The quantitative estimate of drug-likeness (QED) is 0.882. The van der Waals surface area contributed by atoms with E-state index >= 15 is 0 Å². The number of hydrazine groups is 1. The Morgan fingerprint density at radius 2 is 2.12 bits per heavy atom. The number of hydrogen-bond acceptors (Lipinski definition) is 5. The molecular formula is C16H19F2N5O. The van der Waals surface area contributed by atoms with Crippen molar-refractivity contribution in [1.82, 2.24) is 15.4 Å². The summed E-state index contributed by atoms with van der Waals surface area (Å²) in [6.45, 7) is 0. The van der Waals surface area contributed by atoms with Gasteiger partial charge in [-0.3, -0.25) is 9.80 Å². The number of primary amides is 1. The summed E-state index contributed by atoms with van der Waals surface area (Å²) in [5, 5.41) is 1.59. The second-order valence-electron chi connectivity index (χ2n) is 6.09. The normalized spacial score (nSPS) is 20.0. The van der Waals surface area contributed by atoms with Crippen molar-refractivity contribution in [2.45, 2.75) is 38.0 Å². The molecule has 1 saturated carbocycles. The number of aromatic nitrogens is 2. The third kappa shape index (κ3) is 3.69.